The van der Waals surface area contributed by atoms with E-state index in [4.69, 9.17) is 13.8 Å². The van der Waals surface area contributed by atoms with Crippen LogP contribution in [0.1, 0.15) is 19.3 Å². The summed E-state index contributed by atoms with van der Waals surface area (Å²) in [4.78, 5) is 22.2. The predicted molar refractivity (Wildman–Crippen MR) is 77.4 cm³/mol. The summed E-state index contributed by atoms with van der Waals surface area (Å²) in [6.07, 6.45) is 2.68. The van der Waals surface area contributed by atoms with Crippen molar-refractivity contribution in [2.45, 2.75) is 19.3 Å². The lowest BCUT2D eigenvalue weighted by molar-refractivity contribution is -0.870. The van der Waals surface area contributed by atoms with Gasteiger partial charge in [0.15, 0.2) is 0 Å². The van der Waals surface area contributed by atoms with E-state index in [9.17, 15) is 14.3 Å². The molecule has 1 unspecified atom stereocenters. The molecule has 0 N–H and O–H groups in total. The molecule has 0 aliphatic heterocycles. The molecule has 0 fully saturated rings. The Bertz CT molecular complexity index is 366. The fraction of sp³-hybridized carbons (Fsp3) is 0.769. The van der Waals surface area contributed by atoms with E-state index in [1.165, 1.54) is 0 Å². The van der Waals surface area contributed by atoms with Crippen LogP contribution < -0.4 is 4.89 Å². The maximum absolute atomic E-state index is 11.4. The molecule has 0 heterocycles. The highest BCUT2D eigenvalue weighted by molar-refractivity contribution is 7.45. The minimum absolute atomic E-state index is 0.0156. The molecule has 0 aliphatic carbocycles. The van der Waals surface area contributed by atoms with Crippen molar-refractivity contribution in [1.29, 1.82) is 0 Å². The van der Waals surface area contributed by atoms with Crippen LogP contribution >= 0.6 is 7.82 Å². The van der Waals surface area contributed by atoms with Crippen molar-refractivity contribution >= 4 is 13.8 Å². The van der Waals surface area contributed by atoms with Crippen LogP contribution in [0.4, 0.5) is 0 Å². The van der Waals surface area contributed by atoms with Crippen molar-refractivity contribution in [3.05, 3.63) is 12.7 Å². The maximum atomic E-state index is 11.4. The van der Waals surface area contributed by atoms with Crippen LogP contribution in [0, 0.1) is 0 Å². The summed E-state index contributed by atoms with van der Waals surface area (Å²) >= 11 is 0. The summed E-state index contributed by atoms with van der Waals surface area (Å²) in [5.41, 5.74) is 0. The second-order valence-corrected chi connectivity index (χ2v) is 6.97. The molecule has 0 saturated carbocycles. The Kier molecular flexibility index (Phi) is 9.74. The highest BCUT2D eigenvalue weighted by atomic mass is 31.2. The molecule has 0 aromatic carbocycles. The number of rotatable bonds is 12. The SMILES string of the molecule is C=CC(=O)OCCCCOP(=O)([O-])OCCC[N+](C)(C)C. The molecule has 0 spiro atoms. The van der Waals surface area contributed by atoms with Gasteiger partial charge in [0, 0.05) is 12.5 Å². The molecule has 1 atom stereocenters. The summed E-state index contributed by atoms with van der Waals surface area (Å²) in [6.45, 7) is 4.42. The van der Waals surface area contributed by atoms with Crippen LogP contribution in [0.3, 0.4) is 0 Å². The van der Waals surface area contributed by atoms with Gasteiger partial charge >= 0.3 is 5.97 Å². The van der Waals surface area contributed by atoms with Crippen LogP contribution in [0.25, 0.3) is 0 Å². The Balaban J connectivity index is 3.62. The average molecular weight is 323 g/mol. The monoisotopic (exact) mass is 323 g/mol. The van der Waals surface area contributed by atoms with E-state index in [2.05, 4.69) is 6.58 Å². The smallest absolute Gasteiger partial charge is 0.330 e. The number of phosphoric acid groups is 1. The normalized spacial score (nSPS) is 14.5. The van der Waals surface area contributed by atoms with E-state index in [0.29, 0.717) is 19.3 Å². The predicted octanol–water partition coefficient (Wildman–Crippen LogP) is 1.09. The molecule has 0 amide bonds. The summed E-state index contributed by atoms with van der Waals surface area (Å²) < 4.78 is 26.4. The number of esters is 1. The number of nitrogens with zero attached hydrogens (tertiary/aromatic N) is 1. The Morgan fingerprint density at radius 3 is 2.19 bits per heavy atom. The summed E-state index contributed by atoms with van der Waals surface area (Å²) in [6, 6.07) is 0. The fourth-order valence-corrected chi connectivity index (χ4v) is 2.14. The number of quaternary nitrogens is 1. The van der Waals surface area contributed by atoms with Crippen LogP contribution in [0.5, 0.6) is 0 Å². The largest absolute Gasteiger partial charge is 0.756 e. The first-order chi connectivity index (χ1) is 9.66. The van der Waals surface area contributed by atoms with E-state index in [0.717, 1.165) is 17.1 Å². The molecule has 8 heteroatoms. The first kappa shape index (κ1) is 20.3. The molecule has 0 saturated heterocycles. The minimum atomic E-state index is -4.23. The Morgan fingerprint density at radius 2 is 1.67 bits per heavy atom. The number of unbranched alkanes of at least 4 members (excludes halogenated alkanes) is 1. The van der Waals surface area contributed by atoms with Crippen molar-refractivity contribution in [2.75, 3.05) is 47.5 Å². The molecule has 124 valence electrons. The number of carbonyl (C=O) groups is 1. The summed E-state index contributed by atoms with van der Waals surface area (Å²) in [5.74, 6) is -0.494. The van der Waals surface area contributed by atoms with Crippen molar-refractivity contribution < 1.29 is 32.5 Å². The third-order valence-electron chi connectivity index (χ3n) is 2.42. The molecule has 0 radical (unpaired) electrons. The lowest BCUT2D eigenvalue weighted by Crippen LogP contribution is -2.35. The van der Waals surface area contributed by atoms with Crippen molar-refractivity contribution in [2.24, 2.45) is 0 Å². The zero-order chi connectivity index (χ0) is 16.4. The molecule has 0 aromatic heterocycles. The first-order valence-electron chi connectivity index (χ1n) is 6.86. The second-order valence-electron chi connectivity index (χ2n) is 5.56. The van der Waals surface area contributed by atoms with Gasteiger partial charge in [0.2, 0.25) is 0 Å². The Labute approximate surface area is 126 Å². The van der Waals surface area contributed by atoms with Crippen LogP contribution in [-0.4, -0.2) is 58.0 Å². The van der Waals surface area contributed by atoms with E-state index in [-0.39, 0.29) is 19.8 Å². The lowest BCUT2D eigenvalue weighted by atomic mass is 10.3. The van der Waals surface area contributed by atoms with Gasteiger partial charge < -0.3 is 23.2 Å². The van der Waals surface area contributed by atoms with Crippen LogP contribution in [0.15, 0.2) is 12.7 Å². The number of hydrogen-bond acceptors (Lipinski definition) is 6. The molecule has 7 nitrogen and oxygen atoms in total. The zero-order valence-electron chi connectivity index (χ0n) is 13.1. The second kappa shape index (κ2) is 10.1. The molecule has 0 rings (SSSR count). The fourth-order valence-electron chi connectivity index (χ4n) is 1.36. The van der Waals surface area contributed by atoms with Gasteiger partial charge in [-0.2, -0.15) is 0 Å². The molecule has 0 aromatic rings. The molecule has 0 aliphatic rings. The number of phosphoric ester groups is 1. The van der Waals surface area contributed by atoms with Crippen molar-refractivity contribution in [1.82, 2.24) is 0 Å². The van der Waals surface area contributed by atoms with Gasteiger partial charge in [-0.25, -0.2) is 4.79 Å². The molecular weight excluding hydrogens is 297 g/mol. The minimum Gasteiger partial charge on any atom is -0.756 e. The van der Waals surface area contributed by atoms with Gasteiger partial charge in [-0.15, -0.1) is 0 Å². The first-order valence-corrected chi connectivity index (χ1v) is 8.32. The van der Waals surface area contributed by atoms with E-state index < -0.39 is 13.8 Å². The molecule has 21 heavy (non-hydrogen) atoms. The van der Waals surface area contributed by atoms with E-state index >= 15 is 0 Å². The lowest BCUT2D eigenvalue weighted by Gasteiger charge is -2.26. The van der Waals surface area contributed by atoms with Gasteiger partial charge in [-0.3, -0.25) is 4.57 Å². The number of hydrogen-bond donors (Lipinski definition) is 0. The van der Waals surface area contributed by atoms with Gasteiger partial charge in [0.05, 0.1) is 47.5 Å². The average Bonchev–Trinajstić information content (AvgIpc) is 2.37. The van der Waals surface area contributed by atoms with Crippen LogP contribution in [0.2, 0.25) is 0 Å². The van der Waals surface area contributed by atoms with Crippen LogP contribution in [-0.2, 0) is 23.1 Å². The maximum Gasteiger partial charge on any atom is 0.330 e. The van der Waals surface area contributed by atoms with E-state index in [1.807, 2.05) is 21.1 Å². The Morgan fingerprint density at radius 1 is 1.14 bits per heavy atom. The molecule has 0 bridgehead atoms. The quantitative estimate of drug-likeness (QED) is 0.176. The van der Waals surface area contributed by atoms with Gasteiger partial charge in [-0.05, 0) is 12.8 Å². The third kappa shape index (κ3) is 14.0. The number of carbonyl (C=O) groups excluding carboxylic acids is 1. The molecular formula is C13H26NO6P. The zero-order valence-corrected chi connectivity index (χ0v) is 14.0. The van der Waals surface area contributed by atoms with Gasteiger partial charge in [0.1, 0.15) is 0 Å². The summed E-state index contributed by atoms with van der Waals surface area (Å²) in [5, 5.41) is 0. The van der Waals surface area contributed by atoms with Gasteiger partial charge in [0.25, 0.3) is 7.82 Å². The summed E-state index contributed by atoms with van der Waals surface area (Å²) in [7, 11) is 1.83. The Hall–Kier alpha value is -0.720. The van der Waals surface area contributed by atoms with E-state index in [1.54, 1.807) is 0 Å². The van der Waals surface area contributed by atoms with Crippen molar-refractivity contribution in [3.63, 3.8) is 0 Å². The number of ether oxygens (including phenoxy) is 1. The van der Waals surface area contributed by atoms with Crippen molar-refractivity contribution in [3.8, 4) is 0 Å². The topological polar surface area (TPSA) is 84.9 Å². The highest BCUT2D eigenvalue weighted by Gasteiger charge is 2.11. The standard InChI is InChI=1S/C13H26NO6P/c1-5-13(15)18-10-6-7-11-19-21(16,17)20-12-8-9-14(2,3)4/h5H,1,6-12H2,2-4H3. The third-order valence-corrected chi connectivity index (χ3v) is 3.42. The van der Waals surface area contributed by atoms with Gasteiger partial charge in [-0.1, -0.05) is 6.58 Å². The highest BCUT2D eigenvalue weighted by Crippen LogP contribution is 2.38.